The van der Waals surface area contributed by atoms with Gasteiger partial charge in [0.05, 0.1) is 0 Å². The molecule has 6 heteroatoms. The van der Waals surface area contributed by atoms with Gasteiger partial charge in [0, 0.05) is 31.4 Å². The first kappa shape index (κ1) is 23.0. The molecule has 4 rings (SSSR count). The SMILES string of the molecule is O=C(Nc1ccc(Cc2ccc(NC(=O)c3ccc(Br)cc3)cc2)cc1)c1ccc(Br)cc1. The highest BCUT2D eigenvalue weighted by atomic mass is 79.9. The third-order valence-electron chi connectivity index (χ3n) is 5.04. The van der Waals surface area contributed by atoms with Crippen LogP contribution in [-0.2, 0) is 6.42 Å². The Morgan fingerprint density at radius 1 is 0.515 bits per heavy atom. The third kappa shape index (κ3) is 6.40. The van der Waals surface area contributed by atoms with Gasteiger partial charge in [0.1, 0.15) is 0 Å². The quantitative estimate of drug-likeness (QED) is 0.258. The molecule has 0 unspecified atom stereocenters. The predicted molar refractivity (Wildman–Crippen MR) is 140 cm³/mol. The molecule has 0 radical (unpaired) electrons. The van der Waals surface area contributed by atoms with Gasteiger partial charge in [-0.05, 0) is 90.3 Å². The topological polar surface area (TPSA) is 58.2 Å². The van der Waals surface area contributed by atoms with Gasteiger partial charge < -0.3 is 10.6 Å². The van der Waals surface area contributed by atoms with Gasteiger partial charge >= 0.3 is 0 Å². The summed E-state index contributed by atoms with van der Waals surface area (Å²) in [6.45, 7) is 0. The highest BCUT2D eigenvalue weighted by molar-refractivity contribution is 9.10. The van der Waals surface area contributed by atoms with Crippen LogP contribution in [0.25, 0.3) is 0 Å². The minimum atomic E-state index is -0.143. The number of benzene rings is 4. The second-order valence-electron chi connectivity index (χ2n) is 7.49. The zero-order valence-corrected chi connectivity index (χ0v) is 20.7. The van der Waals surface area contributed by atoms with E-state index in [2.05, 4.69) is 42.5 Å². The van der Waals surface area contributed by atoms with Crippen molar-refractivity contribution in [2.24, 2.45) is 0 Å². The molecule has 164 valence electrons. The van der Waals surface area contributed by atoms with Gasteiger partial charge in [-0.3, -0.25) is 9.59 Å². The average Bonchev–Trinajstić information content (AvgIpc) is 2.82. The molecule has 2 N–H and O–H groups in total. The highest BCUT2D eigenvalue weighted by Gasteiger charge is 2.07. The maximum atomic E-state index is 12.4. The number of hydrogen-bond donors (Lipinski definition) is 2. The summed E-state index contributed by atoms with van der Waals surface area (Å²) >= 11 is 6.74. The molecule has 0 aliphatic heterocycles. The van der Waals surface area contributed by atoms with Crippen molar-refractivity contribution in [1.82, 2.24) is 0 Å². The van der Waals surface area contributed by atoms with Crippen LogP contribution in [0.4, 0.5) is 11.4 Å². The fourth-order valence-corrected chi connectivity index (χ4v) is 3.79. The molecule has 0 saturated carbocycles. The molecule has 0 saturated heterocycles. The van der Waals surface area contributed by atoms with E-state index in [9.17, 15) is 9.59 Å². The Bertz CT molecular complexity index is 1150. The van der Waals surface area contributed by atoms with Crippen LogP contribution in [0.1, 0.15) is 31.8 Å². The first-order valence-corrected chi connectivity index (χ1v) is 11.9. The van der Waals surface area contributed by atoms with Crippen LogP contribution in [0.2, 0.25) is 0 Å². The second-order valence-corrected chi connectivity index (χ2v) is 9.32. The molecular formula is C27H20Br2N2O2. The van der Waals surface area contributed by atoms with E-state index in [1.807, 2.05) is 72.8 Å². The van der Waals surface area contributed by atoms with E-state index in [4.69, 9.17) is 0 Å². The lowest BCUT2D eigenvalue weighted by Crippen LogP contribution is -2.11. The molecule has 33 heavy (non-hydrogen) atoms. The third-order valence-corrected chi connectivity index (χ3v) is 6.10. The summed E-state index contributed by atoms with van der Waals surface area (Å²) in [4.78, 5) is 24.7. The number of anilines is 2. The molecule has 4 aromatic rings. The van der Waals surface area contributed by atoms with Gasteiger partial charge in [-0.1, -0.05) is 56.1 Å². The van der Waals surface area contributed by atoms with Crippen molar-refractivity contribution in [1.29, 1.82) is 0 Å². The number of rotatable bonds is 6. The monoisotopic (exact) mass is 562 g/mol. The van der Waals surface area contributed by atoms with Crippen molar-refractivity contribution in [2.45, 2.75) is 6.42 Å². The first-order valence-electron chi connectivity index (χ1n) is 10.3. The van der Waals surface area contributed by atoms with Crippen LogP contribution in [-0.4, -0.2) is 11.8 Å². The van der Waals surface area contributed by atoms with Gasteiger partial charge in [-0.25, -0.2) is 0 Å². The summed E-state index contributed by atoms with van der Waals surface area (Å²) in [7, 11) is 0. The Balaban J connectivity index is 1.33. The van der Waals surface area contributed by atoms with Crippen molar-refractivity contribution >= 4 is 55.0 Å². The van der Waals surface area contributed by atoms with Gasteiger partial charge in [0.2, 0.25) is 0 Å². The van der Waals surface area contributed by atoms with Gasteiger partial charge in [-0.15, -0.1) is 0 Å². The number of halogens is 2. The minimum Gasteiger partial charge on any atom is -0.322 e. The van der Waals surface area contributed by atoms with E-state index in [0.29, 0.717) is 11.1 Å². The van der Waals surface area contributed by atoms with E-state index in [-0.39, 0.29) is 11.8 Å². The van der Waals surface area contributed by atoms with Gasteiger partial charge in [-0.2, -0.15) is 0 Å². The molecule has 0 aliphatic rings. The zero-order valence-electron chi connectivity index (χ0n) is 17.5. The smallest absolute Gasteiger partial charge is 0.255 e. The lowest BCUT2D eigenvalue weighted by Gasteiger charge is -2.09. The standard InChI is InChI=1S/C27H20Br2N2O2/c28-22-9-5-20(6-10-22)26(32)30-24-13-1-18(2-14-24)17-19-3-15-25(16-4-19)31-27(33)21-7-11-23(29)12-8-21/h1-16H,17H2,(H,30,32)(H,31,33). The molecular weight excluding hydrogens is 544 g/mol. The van der Waals surface area contributed by atoms with E-state index in [1.165, 1.54) is 0 Å². The van der Waals surface area contributed by atoms with Crippen molar-refractivity contribution in [3.8, 4) is 0 Å². The Kier molecular flexibility index (Phi) is 7.37. The molecule has 0 aliphatic carbocycles. The van der Waals surface area contributed by atoms with Crippen LogP contribution in [0.15, 0.2) is 106 Å². The summed E-state index contributed by atoms with van der Waals surface area (Å²) in [5.74, 6) is -0.285. The van der Waals surface area contributed by atoms with Gasteiger partial charge in [0.15, 0.2) is 0 Å². The molecule has 2 amide bonds. The molecule has 0 spiro atoms. The number of amides is 2. The Morgan fingerprint density at radius 3 is 1.18 bits per heavy atom. The molecule has 4 nitrogen and oxygen atoms in total. The Morgan fingerprint density at radius 2 is 0.848 bits per heavy atom. The molecule has 0 fully saturated rings. The van der Waals surface area contributed by atoms with E-state index in [0.717, 1.165) is 37.9 Å². The lowest BCUT2D eigenvalue weighted by atomic mass is 10.0. The largest absolute Gasteiger partial charge is 0.322 e. The van der Waals surface area contributed by atoms with Gasteiger partial charge in [0.25, 0.3) is 11.8 Å². The maximum Gasteiger partial charge on any atom is 0.255 e. The van der Waals surface area contributed by atoms with Crippen LogP contribution in [0, 0.1) is 0 Å². The zero-order chi connectivity index (χ0) is 23.2. The van der Waals surface area contributed by atoms with E-state index < -0.39 is 0 Å². The van der Waals surface area contributed by atoms with E-state index >= 15 is 0 Å². The number of nitrogens with one attached hydrogen (secondary N) is 2. The van der Waals surface area contributed by atoms with Crippen LogP contribution < -0.4 is 10.6 Å². The van der Waals surface area contributed by atoms with Crippen molar-refractivity contribution in [3.05, 3.63) is 128 Å². The highest BCUT2D eigenvalue weighted by Crippen LogP contribution is 2.18. The summed E-state index contributed by atoms with van der Waals surface area (Å²) < 4.78 is 1.87. The normalized spacial score (nSPS) is 10.5. The molecule has 0 heterocycles. The maximum absolute atomic E-state index is 12.4. The predicted octanol–water partition coefficient (Wildman–Crippen LogP) is 7.31. The van der Waals surface area contributed by atoms with Crippen LogP contribution in [0.3, 0.4) is 0 Å². The van der Waals surface area contributed by atoms with Crippen molar-refractivity contribution in [2.75, 3.05) is 10.6 Å². The number of carbonyl (C=O) groups excluding carboxylic acids is 2. The van der Waals surface area contributed by atoms with E-state index in [1.54, 1.807) is 24.3 Å². The summed E-state index contributed by atoms with van der Waals surface area (Å²) in [5.41, 5.74) is 4.96. The number of hydrogen-bond acceptors (Lipinski definition) is 2. The summed E-state index contributed by atoms with van der Waals surface area (Å²) in [6, 6.07) is 30.1. The summed E-state index contributed by atoms with van der Waals surface area (Å²) in [5, 5.41) is 5.83. The average molecular weight is 564 g/mol. The molecule has 0 bridgehead atoms. The van der Waals surface area contributed by atoms with Crippen LogP contribution >= 0.6 is 31.9 Å². The molecule has 4 aromatic carbocycles. The number of carbonyl (C=O) groups is 2. The summed E-state index contributed by atoms with van der Waals surface area (Å²) in [6.07, 6.45) is 0.752. The Labute approximate surface area is 209 Å². The fourth-order valence-electron chi connectivity index (χ4n) is 3.26. The lowest BCUT2D eigenvalue weighted by molar-refractivity contribution is 0.101. The van der Waals surface area contributed by atoms with Crippen LogP contribution in [0.5, 0.6) is 0 Å². The van der Waals surface area contributed by atoms with Crippen molar-refractivity contribution < 1.29 is 9.59 Å². The second kappa shape index (κ2) is 10.6. The Hall–Kier alpha value is -3.22. The first-order chi connectivity index (χ1) is 16.0. The minimum absolute atomic E-state index is 0.143. The fraction of sp³-hybridized carbons (Fsp3) is 0.0370. The van der Waals surface area contributed by atoms with Crippen molar-refractivity contribution in [3.63, 3.8) is 0 Å². The molecule has 0 atom stereocenters. The molecule has 0 aromatic heterocycles.